The van der Waals surface area contributed by atoms with Crippen LogP contribution in [0.3, 0.4) is 0 Å². The normalized spacial score (nSPS) is 17.5. The van der Waals surface area contributed by atoms with Crippen LogP contribution in [0.15, 0.2) is 29.6 Å². The Labute approximate surface area is 151 Å². The summed E-state index contributed by atoms with van der Waals surface area (Å²) in [5, 5.41) is 4.92. The Morgan fingerprint density at radius 1 is 1.36 bits per heavy atom. The number of hydrogen-bond donors (Lipinski definition) is 1. The van der Waals surface area contributed by atoms with Crippen LogP contribution in [0.2, 0.25) is 0 Å². The van der Waals surface area contributed by atoms with Crippen LogP contribution in [0.1, 0.15) is 32.8 Å². The Bertz CT molecular complexity index is 789. The van der Waals surface area contributed by atoms with Crippen molar-refractivity contribution in [2.45, 2.75) is 19.4 Å². The first-order valence-electron chi connectivity index (χ1n) is 8.24. The second-order valence-electron chi connectivity index (χ2n) is 6.43. The van der Waals surface area contributed by atoms with Crippen molar-refractivity contribution in [2.24, 2.45) is 0 Å². The molecule has 1 fully saturated rings. The number of likely N-dealkylation sites (tertiary alicyclic amines) is 1. The second-order valence-corrected chi connectivity index (χ2v) is 7.29. The molecule has 2 heterocycles. The minimum absolute atomic E-state index is 0.104. The number of nitrogens with zero attached hydrogens (tertiary/aromatic N) is 3. The van der Waals surface area contributed by atoms with Gasteiger partial charge in [0, 0.05) is 30.6 Å². The molecule has 7 heteroatoms. The molecule has 1 aliphatic heterocycles. The molecule has 1 N–H and O–H groups in total. The summed E-state index contributed by atoms with van der Waals surface area (Å²) in [6.45, 7) is 3.76. The highest BCUT2D eigenvalue weighted by atomic mass is 32.1. The Balaban J connectivity index is 1.67. The molecule has 1 aromatic carbocycles. The Hall–Kier alpha value is -2.25. The lowest BCUT2D eigenvalue weighted by Gasteiger charge is -2.23. The van der Waals surface area contributed by atoms with Crippen LogP contribution in [-0.2, 0) is 0 Å². The number of nitrogens with one attached hydrogen (secondary N) is 1. The van der Waals surface area contributed by atoms with E-state index in [1.165, 1.54) is 11.3 Å². The molecular formula is C18H22N4O2S. The molecule has 0 radical (unpaired) electrons. The standard InChI is InChI=1S/C18H22N4O2S/c1-12-6-4-5-7-14(12)16(23)20-18-19-15(11-25-18)17(24)22(3)13-8-9-21(2)10-13/h4-7,11,13H,8-10H2,1-3H3,(H,19,20,23). The Morgan fingerprint density at radius 3 is 2.80 bits per heavy atom. The van der Waals surface area contributed by atoms with Crippen LogP contribution >= 0.6 is 11.3 Å². The maximum atomic E-state index is 12.6. The highest BCUT2D eigenvalue weighted by Crippen LogP contribution is 2.20. The number of rotatable bonds is 4. The van der Waals surface area contributed by atoms with Crippen LogP contribution in [0.25, 0.3) is 0 Å². The topological polar surface area (TPSA) is 65.5 Å². The number of thiazole rings is 1. The highest BCUT2D eigenvalue weighted by molar-refractivity contribution is 7.14. The van der Waals surface area contributed by atoms with Crippen LogP contribution in [-0.4, -0.2) is 59.8 Å². The van der Waals surface area contributed by atoms with Crippen LogP contribution < -0.4 is 5.32 Å². The molecule has 2 aromatic rings. The molecule has 0 aliphatic carbocycles. The maximum Gasteiger partial charge on any atom is 0.273 e. The summed E-state index contributed by atoms with van der Waals surface area (Å²) in [7, 11) is 3.87. The predicted octanol–water partition coefficient (Wildman–Crippen LogP) is 2.48. The SMILES string of the molecule is Cc1ccccc1C(=O)Nc1nc(C(=O)N(C)C2CCN(C)C2)cs1. The molecular weight excluding hydrogens is 336 g/mol. The number of anilines is 1. The van der Waals surface area contributed by atoms with E-state index in [1.54, 1.807) is 16.3 Å². The van der Waals surface area contributed by atoms with Crippen LogP contribution in [0.4, 0.5) is 5.13 Å². The zero-order chi connectivity index (χ0) is 18.0. The lowest BCUT2D eigenvalue weighted by molar-refractivity contribution is 0.0732. The van der Waals surface area contributed by atoms with E-state index in [1.807, 2.05) is 32.2 Å². The minimum atomic E-state index is -0.211. The van der Waals surface area contributed by atoms with E-state index in [9.17, 15) is 9.59 Å². The first kappa shape index (κ1) is 17.6. The first-order valence-corrected chi connectivity index (χ1v) is 9.12. The van der Waals surface area contributed by atoms with Gasteiger partial charge in [0.25, 0.3) is 11.8 Å². The molecule has 132 valence electrons. The van der Waals surface area contributed by atoms with E-state index in [0.717, 1.165) is 25.1 Å². The number of aromatic nitrogens is 1. The summed E-state index contributed by atoms with van der Waals surface area (Å²) in [5.41, 5.74) is 1.89. The molecule has 25 heavy (non-hydrogen) atoms. The number of hydrogen-bond acceptors (Lipinski definition) is 5. The number of aryl methyl sites for hydroxylation is 1. The van der Waals surface area contributed by atoms with Crippen molar-refractivity contribution in [3.8, 4) is 0 Å². The number of likely N-dealkylation sites (N-methyl/N-ethyl adjacent to an activating group) is 2. The maximum absolute atomic E-state index is 12.6. The molecule has 0 bridgehead atoms. The van der Waals surface area contributed by atoms with Crippen molar-refractivity contribution >= 4 is 28.3 Å². The van der Waals surface area contributed by atoms with Crippen molar-refractivity contribution in [1.29, 1.82) is 0 Å². The summed E-state index contributed by atoms with van der Waals surface area (Å²) in [4.78, 5) is 33.2. The summed E-state index contributed by atoms with van der Waals surface area (Å²) in [6.07, 6.45) is 0.972. The summed E-state index contributed by atoms with van der Waals surface area (Å²) < 4.78 is 0. The average molecular weight is 358 g/mol. The van der Waals surface area contributed by atoms with Crippen LogP contribution in [0, 0.1) is 6.92 Å². The first-order chi connectivity index (χ1) is 12.0. The van der Waals surface area contributed by atoms with Crippen molar-refractivity contribution in [1.82, 2.24) is 14.8 Å². The molecule has 2 amide bonds. The third kappa shape index (κ3) is 3.88. The monoisotopic (exact) mass is 358 g/mol. The predicted molar refractivity (Wildman–Crippen MR) is 99.2 cm³/mol. The number of carbonyl (C=O) groups is 2. The summed E-state index contributed by atoms with van der Waals surface area (Å²) in [5.74, 6) is -0.315. The van der Waals surface area contributed by atoms with Gasteiger partial charge in [-0.15, -0.1) is 11.3 Å². The highest BCUT2D eigenvalue weighted by Gasteiger charge is 2.28. The summed E-state index contributed by atoms with van der Waals surface area (Å²) >= 11 is 1.27. The fourth-order valence-electron chi connectivity index (χ4n) is 3.00. The molecule has 6 nitrogen and oxygen atoms in total. The number of carbonyl (C=O) groups excluding carboxylic acids is 2. The van der Waals surface area contributed by atoms with Crippen molar-refractivity contribution in [2.75, 3.05) is 32.5 Å². The van der Waals surface area contributed by atoms with E-state index in [0.29, 0.717) is 16.4 Å². The lowest BCUT2D eigenvalue weighted by Crippen LogP contribution is -2.38. The molecule has 1 atom stereocenters. The third-order valence-electron chi connectivity index (χ3n) is 4.57. The van der Waals surface area contributed by atoms with E-state index >= 15 is 0 Å². The van der Waals surface area contributed by atoms with Gasteiger partial charge in [0.2, 0.25) is 0 Å². The van der Waals surface area contributed by atoms with Gasteiger partial charge in [-0.3, -0.25) is 14.9 Å². The second kappa shape index (κ2) is 7.33. The quantitative estimate of drug-likeness (QED) is 0.912. The van der Waals surface area contributed by atoms with Gasteiger partial charge >= 0.3 is 0 Å². The Morgan fingerprint density at radius 2 is 2.12 bits per heavy atom. The molecule has 1 unspecified atom stereocenters. The van der Waals surface area contributed by atoms with Gasteiger partial charge in [0.05, 0.1) is 0 Å². The number of amides is 2. The molecule has 0 saturated carbocycles. The molecule has 3 rings (SSSR count). The van der Waals surface area contributed by atoms with Gasteiger partial charge < -0.3 is 9.80 Å². The van der Waals surface area contributed by atoms with E-state index in [4.69, 9.17) is 0 Å². The zero-order valence-electron chi connectivity index (χ0n) is 14.7. The summed E-state index contributed by atoms with van der Waals surface area (Å²) in [6, 6.07) is 7.59. The van der Waals surface area contributed by atoms with E-state index < -0.39 is 0 Å². The van der Waals surface area contributed by atoms with E-state index in [2.05, 4.69) is 22.2 Å². The fourth-order valence-corrected chi connectivity index (χ4v) is 3.68. The fraction of sp³-hybridized carbons (Fsp3) is 0.389. The van der Waals surface area contributed by atoms with Crippen molar-refractivity contribution in [3.05, 3.63) is 46.5 Å². The third-order valence-corrected chi connectivity index (χ3v) is 5.33. The number of benzene rings is 1. The van der Waals surface area contributed by atoms with Crippen molar-refractivity contribution < 1.29 is 9.59 Å². The van der Waals surface area contributed by atoms with Gasteiger partial charge in [-0.05, 0) is 38.6 Å². The lowest BCUT2D eigenvalue weighted by atomic mass is 10.1. The largest absolute Gasteiger partial charge is 0.336 e. The molecule has 0 spiro atoms. The minimum Gasteiger partial charge on any atom is -0.336 e. The molecule has 1 aromatic heterocycles. The van der Waals surface area contributed by atoms with Gasteiger partial charge in [-0.25, -0.2) is 4.98 Å². The average Bonchev–Trinajstić information content (AvgIpc) is 3.23. The Kier molecular flexibility index (Phi) is 5.15. The smallest absolute Gasteiger partial charge is 0.273 e. The van der Waals surface area contributed by atoms with Gasteiger partial charge in [0.1, 0.15) is 5.69 Å². The van der Waals surface area contributed by atoms with E-state index in [-0.39, 0.29) is 17.9 Å². The van der Waals surface area contributed by atoms with Crippen LogP contribution in [0.5, 0.6) is 0 Å². The van der Waals surface area contributed by atoms with Gasteiger partial charge in [-0.2, -0.15) is 0 Å². The molecule has 1 saturated heterocycles. The van der Waals surface area contributed by atoms with Gasteiger partial charge in [-0.1, -0.05) is 18.2 Å². The van der Waals surface area contributed by atoms with Gasteiger partial charge in [0.15, 0.2) is 5.13 Å². The van der Waals surface area contributed by atoms with Crippen molar-refractivity contribution in [3.63, 3.8) is 0 Å². The molecule has 1 aliphatic rings. The zero-order valence-corrected chi connectivity index (χ0v) is 15.5.